The fourth-order valence-corrected chi connectivity index (χ4v) is 3.48. The topological polar surface area (TPSA) is 63.0 Å². The van der Waals surface area contributed by atoms with Crippen molar-refractivity contribution in [2.75, 3.05) is 26.7 Å². The van der Waals surface area contributed by atoms with Gasteiger partial charge in [0.2, 0.25) is 5.91 Å². The summed E-state index contributed by atoms with van der Waals surface area (Å²) in [7, 11) is 1.77. The second-order valence-corrected chi connectivity index (χ2v) is 8.65. The first-order valence-corrected chi connectivity index (χ1v) is 10.1. The van der Waals surface area contributed by atoms with Crippen LogP contribution >= 0.6 is 0 Å². The van der Waals surface area contributed by atoms with Crippen LogP contribution in [0.3, 0.4) is 0 Å². The molecule has 0 unspecified atom stereocenters. The first-order chi connectivity index (χ1) is 13.7. The smallest absolute Gasteiger partial charge is 0.410 e. The van der Waals surface area contributed by atoms with Gasteiger partial charge in [-0.05, 0) is 57.7 Å². The van der Waals surface area contributed by atoms with Crippen LogP contribution in [-0.4, -0.2) is 54.1 Å². The number of fused-ring (bicyclic) bond motifs is 1. The molecule has 1 saturated heterocycles. The molecule has 1 aromatic heterocycles. The van der Waals surface area contributed by atoms with E-state index >= 15 is 0 Å². The number of hydrogen-bond donors (Lipinski definition) is 0. The van der Waals surface area contributed by atoms with Gasteiger partial charge in [-0.3, -0.25) is 4.79 Å². The van der Waals surface area contributed by atoms with E-state index in [0.717, 1.165) is 23.8 Å². The highest BCUT2D eigenvalue weighted by Gasteiger charge is 2.26. The fourth-order valence-electron chi connectivity index (χ4n) is 3.48. The maximum atomic E-state index is 12.5. The van der Waals surface area contributed by atoms with Crippen molar-refractivity contribution in [3.05, 3.63) is 42.2 Å². The van der Waals surface area contributed by atoms with Crippen LogP contribution in [-0.2, 0) is 9.53 Å². The molecule has 1 aromatic carbocycles. The van der Waals surface area contributed by atoms with E-state index in [1.807, 2.05) is 56.0 Å². The number of nitrogens with zero attached hydrogens (tertiary/aromatic N) is 2. The van der Waals surface area contributed by atoms with E-state index < -0.39 is 5.60 Å². The second kappa shape index (κ2) is 8.72. The van der Waals surface area contributed by atoms with Gasteiger partial charge in [0.15, 0.2) is 0 Å². The van der Waals surface area contributed by atoms with Crippen LogP contribution in [0.2, 0.25) is 0 Å². The van der Waals surface area contributed by atoms with Gasteiger partial charge >= 0.3 is 6.09 Å². The van der Waals surface area contributed by atoms with Crippen LogP contribution in [0.5, 0.6) is 0 Å². The highest BCUT2D eigenvalue weighted by Crippen LogP contribution is 2.21. The zero-order valence-corrected chi connectivity index (χ0v) is 17.7. The summed E-state index contributed by atoms with van der Waals surface area (Å²) in [4.78, 5) is 28.1. The van der Waals surface area contributed by atoms with Gasteiger partial charge < -0.3 is 19.0 Å². The molecule has 0 atom stereocenters. The predicted octanol–water partition coefficient (Wildman–Crippen LogP) is 4.55. The molecule has 1 aliphatic heterocycles. The van der Waals surface area contributed by atoms with Crippen molar-refractivity contribution in [1.29, 1.82) is 0 Å². The number of ether oxygens (including phenoxy) is 1. The molecular weight excluding hydrogens is 368 g/mol. The van der Waals surface area contributed by atoms with Crippen LogP contribution in [0.25, 0.3) is 17.0 Å². The summed E-state index contributed by atoms with van der Waals surface area (Å²) >= 11 is 0. The molecule has 0 spiro atoms. The van der Waals surface area contributed by atoms with Gasteiger partial charge in [0.25, 0.3) is 0 Å². The van der Waals surface area contributed by atoms with Gasteiger partial charge in [-0.2, -0.15) is 0 Å². The maximum absolute atomic E-state index is 12.5. The molecule has 1 fully saturated rings. The molecule has 0 N–H and O–H groups in total. The van der Waals surface area contributed by atoms with Gasteiger partial charge in [0.05, 0.1) is 0 Å². The Labute approximate surface area is 172 Å². The quantitative estimate of drug-likeness (QED) is 0.709. The second-order valence-electron chi connectivity index (χ2n) is 8.65. The number of furan rings is 1. The van der Waals surface area contributed by atoms with Gasteiger partial charge in [-0.25, -0.2) is 4.79 Å². The van der Waals surface area contributed by atoms with Crippen molar-refractivity contribution >= 4 is 29.0 Å². The average Bonchev–Trinajstić information content (AvgIpc) is 3.08. The summed E-state index contributed by atoms with van der Waals surface area (Å²) in [5.74, 6) is 1.04. The zero-order chi connectivity index (χ0) is 21.0. The number of rotatable bonds is 4. The number of carbonyl (C=O) groups excluding carboxylic acids is 2. The molecule has 2 amide bonds. The van der Waals surface area contributed by atoms with Crippen LogP contribution < -0.4 is 0 Å². The molecular formula is C23H30N2O4. The number of likely N-dealkylation sites (tertiary alicyclic amines) is 1. The number of piperidine rings is 1. The molecule has 0 saturated carbocycles. The Morgan fingerprint density at radius 2 is 1.93 bits per heavy atom. The fraction of sp³-hybridized carbons (Fsp3) is 0.478. The third kappa shape index (κ3) is 5.86. The van der Waals surface area contributed by atoms with Crippen LogP contribution in [0.4, 0.5) is 4.79 Å². The lowest BCUT2D eigenvalue weighted by Gasteiger charge is -2.34. The number of hydrogen-bond acceptors (Lipinski definition) is 4. The minimum absolute atomic E-state index is 0.00981. The van der Waals surface area contributed by atoms with Gasteiger partial charge in [-0.1, -0.05) is 18.2 Å². The Balaban J connectivity index is 1.47. The zero-order valence-electron chi connectivity index (χ0n) is 17.7. The molecule has 0 radical (unpaired) electrons. The summed E-state index contributed by atoms with van der Waals surface area (Å²) in [6.07, 6.45) is 4.74. The Morgan fingerprint density at radius 3 is 2.59 bits per heavy atom. The van der Waals surface area contributed by atoms with Crippen molar-refractivity contribution in [2.24, 2.45) is 5.92 Å². The van der Waals surface area contributed by atoms with Crippen molar-refractivity contribution in [2.45, 2.75) is 39.2 Å². The first kappa shape index (κ1) is 21.0. The van der Waals surface area contributed by atoms with Crippen molar-refractivity contribution in [1.82, 2.24) is 9.80 Å². The van der Waals surface area contributed by atoms with E-state index in [0.29, 0.717) is 31.3 Å². The van der Waals surface area contributed by atoms with E-state index in [-0.39, 0.29) is 12.0 Å². The molecule has 6 nitrogen and oxygen atoms in total. The van der Waals surface area contributed by atoms with Crippen molar-refractivity contribution in [3.63, 3.8) is 0 Å². The summed E-state index contributed by atoms with van der Waals surface area (Å²) in [5.41, 5.74) is 0.322. The minimum atomic E-state index is -0.493. The SMILES string of the molecule is CN(CC1CCN(C(=O)C=Cc2cc3ccccc3o2)CC1)C(=O)OC(C)(C)C. The molecule has 6 heteroatoms. The highest BCUT2D eigenvalue weighted by molar-refractivity contribution is 5.92. The number of para-hydroxylation sites is 1. The normalized spacial score (nSPS) is 15.8. The Bertz CT molecular complexity index is 853. The molecule has 2 aromatic rings. The molecule has 29 heavy (non-hydrogen) atoms. The largest absolute Gasteiger partial charge is 0.457 e. The standard InChI is InChI=1S/C23H30N2O4/c1-23(2,3)29-22(27)24(4)16-17-11-13-25(14-12-17)21(26)10-9-19-15-18-7-5-6-8-20(18)28-19/h5-10,15,17H,11-14,16H2,1-4H3. The molecule has 0 aliphatic carbocycles. The van der Waals surface area contributed by atoms with E-state index in [1.54, 1.807) is 24.1 Å². The Hall–Kier alpha value is -2.76. The monoisotopic (exact) mass is 398 g/mol. The Kier molecular flexibility index (Phi) is 6.30. The molecule has 156 valence electrons. The maximum Gasteiger partial charge on any atom is 0.410 e. The predicted molar refractivity (Wildman–Crippen MR) is 113 cm³/mol. The van der Waals surface area contributed by atoms with Crippen LogP contribution in [0.15, 0.2) is 40.8 Å². The summed E-state index contributed by atoms with van der Waals surface area (Å²) in [6.45, 7) is 7.61. The number of carbonyl (C=O) groups is 2. The summed E-state index contributed by atoms with van der Waals surface area (Å²) < 4.78 is 11.1. The molecule has 1 aliphatic rings. The molecule has 3 rings (SSSR count). The van der Waals surface area contributed by atoms with Crippen molar-refractivity contribution in [3.8, 4) is 0 Å². The molecule has 2 heterocycles. The number of amides is 2. The van der Waals surface area contributed by atoms with E-state index in [2.05, 4.69) is 0 Å². The molecule has 0 bridgehead atoms. The van der Waals surface area contributed by atoms with Crippen molar-refractivity contribution < 1.29 is 18.7 Å². The Morgan fingerprint density at radius 1 is 1.24 bits per heavy atom. The third-order valence-electron chi connectivity index (χ3n) is 5.00. The van der Waals surface area contributed by atoms with Crippen LogP contribution in [0.1, 0.15) is 39.4 Å². The first-order valence-electron chi connectivity index (χ1n) is 10.1. The summed E-state index contributed by atoms with van der Waals surface area (Å²) in [6, 6.07) is 9.71. The van der Waals surface area contributed by atoms with Gasteiger partial charge in [0.1, 0.15) is 16.9 Å². The van der Waals surface area contributed by atoms with Gasteiger partial charge in [0, 0.05) is 38.1 Å². The van der Waals surface area contributed by atoms with Gasteiger partial charge in [-0.15, -0.1) is 0 Å². The number of benzene rings is 1. The average molecular weight is 399 g/mol. The minimum Gasteiger partial charge on any atom is -0.457 e. The summed E-state index contributed by atoms with van der Waals surface area (Å²) in [5, 5.41) is 1.02. The lowest BCUT2D eigenvalue weighted by molar-refractivity contribution is -0.127. The van der Waals surface area contributed by atoms with E-state index in [1.165, 1.54) is 0 Å². The highest BCUT2D eigenvalue weighted by atomic mass is 16.6. The lowest BCUT2D eigenvalue weighted by Crippen LogP contribution is -2.42. The van der Waals surface area contributed by atoms with Crippen LogP contribution in [0, 0.1) is 5.92 Å². The third-order valence-corrected chi connectivity index (χ3v) is 5.00. The van der Waals surface area contributed by atoms with E-state index in [4.69, 9.17) is 9.15 Å². The lowest BCUT2D eigenvalue weighted by atomic mass is 9.96. The van der Waals surface area contributed by atoms with E-state index in [9.17, 15) is 9.59 Å².